The van der Waals surface area contributed by atoms with Gasteiger partial charge >= 0.3 is 0 Å². The topological polar surface area (TPSA) is 42.4 Å². The smallest absolute Gasteiger partial charge is 0.137 e. The molecule has 5 heteroatoms. The number of rotatable bonds is 4. The average molecular weight is 354 g/mol. The summed E-state index contributed by atoms with van der Waals surface area (Å²) in [7, 11) is 1.61. The minimum atomic E-state index is -0.839. The van der Waals surface area contributed by atoms with Gasteiger partial charge in [0, 0.05) is 29.4 Å². The molecule has 0 aliphatic heterocycles. The Morgan fingerprint density at radius 2 is 2.10 bits per heavy atom. The summed E-state index contributed by atoms with van der Waals surface area (Å²) in [5.41, 5.74) is 3.08. The van der Waals surface area contributed by atoms with Crippen molar-refractivity contribution >= 4 is 15.9 Å². The fraction of sp³-hybridized carbons (Fsp3) is 0.312. The standard InChI is InChI=1S/C16H17BrFNO2/c1-9-8-19-13(10(2)16(9)21-3)7-14(20)11-5-4-6-12(18)15(11)17/h4-6,8,14,20H,7H2,1-3H3. The molecule has 0 amide bonds. The van der Waals surface area contributed by atoms with Gasteiger partial charge in [0.25, 0.3) is 0 Å². The van der Waals surface area contributed by atoms with Crippen molar-refractivity contribution in [1.82, 2.24) is 4.98 Å². The maximum Gasteiger partial charge on any atom is 0.137 e. The predicted molar refractivity (Wildman–Crippen MR) is 83.0 cm³/mol. The fourth-order valence-corrected chi connectivity index (χ4v) is 2.88. The van der Waals surface area contributed by atoms with Crippen LogP contribution in [0.3, 0.4) is 0 Å². The summed E-state index contributed by atoms with van der Waals surface area (Å²) >= 11 is 3.17. The lowest BCUT2D eigenvalue weighted by molar-refractivity contribution is 0.175. The number of nitrogens with zero attached hydrogens (tertiary/aromatic N) is 1. The van der Waals surface area contributed by atoms with Gasteiger partial charge in [-0.3, -0.25) is 4.98 Å². The summed E-state index contributed by atoms with van der Waals surface area (Å²) in [4.78, 5) is 4.35. The van der Waals surface area contributed by atoms with Gasteiger partial charge in [-0.2, -0.15) is 0 Å². The maximum atomic E-state index is 13.5. The van der Waals surface area contributed by atoms with E-state index in [1.807, 2.05) is 13.8 Å². The molecular formula is C16H17BrFNO2. The highest BCUT2D eigenvalue weighted by Gasteiger charge is 2.18. The Balaban J connectivity index is 2.32. The largest absolute Gasteiger partial charge is 0.496 e. The van der Waals surface area contributed by atoms with Crippen molar-refractivity contribution in [1.29, 1.82) is 0 Å². The van der Waals surface area contributed by atoms with Gasteiger partial charge in [0.05, 0.1) is 17.7 Å². The van der Waals surface area contributed by atoms with E-state index in [9.17, 15) is 9.50 Å². The zero-order chi connectivity index (χ0) is 15.6. The Morgan fingerprint density at radius 1 is 1.38 bits per heavy atom. The summed E-state index contributed by atoms with van der Waals surface area (Å²) in [6.07, 6.45) is 1.17. The number of hydrogen-bond acceptors (Lipinski definition) is 3. The Morgan fingerprint density at radius 3 is 2.76 bits per heavy atom. The first kappa shape index (κ1) is 15.9. The molecule has 1 atom stereocenters. The Hall–Kier alpha value is -1.46. The number of aliphatic hydroxyl groups excluding tert-OH is 1. The minimum absolute atomic E-state index is 0.286. The molecule has 1 unspecified atom stereocenters. The molecule has 1 aromatic heterocycles. The number of halogens is 2. The minimum Gasteiger partial charge on any atom is -0.496 e. The van der Waals surface area contributed by atoms with Crippen LogP contribution < -0.4 is 4.74 Å². The summed E-state index contributed by atoms with van der Waals surface area (Å²) < 4.78 is 19.2. The van der Waals surface area contributed by atoms with Crippen LogP contribution in [-0.4, -0.2) is 17.2 Å². The van der Waals surface area contributed by atoms with Gasteiger partial charge in [0.1, 0.15) is 11.6 Å². The van der Waals surface area contributed by atoms with Crippen LogP contribution in [0, 0.1) is 19.7 Å². The number of hydrogen-bond donors (Lipinski definition) is 1. The molecule has 2 rings (SSSR count). The molecule has 1 N–H and O–H groups in total. The molecule has 1 heterocycles. The third-order valence-electron chi connectivity index (χ3n) is 3.48. The maximum absolute atomic E-state index is 13.5. The van der Waals surface area contributed by atoms with E-state index in [0.29, 0.717) is 12.0 Å². The molecule has 0 aliphatic carbocycles. The first-order valence-corrected chi connectivity index (χ1v) is 7.36. The number of aromatic nitrogens is 1. The molecule has 2 aromatic rings. The highest BCUT2D eigenvalue weighted by Crippen LogP contribution is 2.30. The second kappa shape index (κ2) is 6.54. The molecule has 0 saturated heterocycles. The number of aliphatic hydroxyl groups is 1. The number of ether oxygens (including phenoxy) is 1. The van der Waals surface area contributed by atoms with Gasteiger partial charge in [0.15, 0.2) is 0 Å². The van der Waals surface area contributed by atoms with E-state index in [1.165, 1.54) is 6.07 Å². The monoisotopic (exact) mass is 353 g/mol. The van der Waals surface area contributed by atoms with Crippen LogP contribution in [0.1, 0.15) is 28.5 Å². The van der Waals surface area contributed by atoms with E-state index in [4.69, 9.17) is 4.74 Å². The molecule has 0 bridgehead atoms. The highest BCUT2D eigenvalue weighted by atomic mass is 79.9. The molecule has 1 aromatic carbocycles. The van der Waals surface area contributed by atoms with Crippen molar-refractivity contribution in [3.63, 3.8) is 0 Å². The van der Waals surface area contributed by atoms with Crippen molar-refractivity contribution in [2.24, 2.45) is 0 Å². The number of benzene rings is 1. The molecule has 0 saturated carbocycles. The second-order valence-corrected chi connectivity index (χ2v) is 5.70. The van der Waals surface area contributed by atoms with Gasteiger partial charge in [0.2, 0.25) is 0 Å². The third-order valence-corrected chi connectivity index (χ3v) is 4.31. The van der Waals surface area contributed by atoms with Crippen molar-refractivity contribution in [3.05, 3.63) is 57.1 Å². The Bertz CT molecular complexity index is 661. The van der Waals surface area contributed by atoms with E-state index in [2.05, 4.69) is 20.9 Å². The molecule has 0 fully saturated rings. The number of pyridine rings is 1. The van der Waals surface area contributed by atoms with E-state index in [-0.39, 0.29) is 4.47 Å². The predicted octanol–water partition coefficient (Wildman–Crippen LogP) is 3.88. The number of aryl methyl sites for hydroxylation is 1. The highest BCUT2D eigenvalue weighted by molar-refractivity contribution is 9.10. The summed E-state index contributed by atoms with van der Waals surface area (Å²) in [5, 5.41) is 10.4. The molecule has 3 nitrogen and oxygen atoms in total. The SMILES string of the molecule is COc1c(C)cnc(CC(O)c2cccc(F)c2Br)c1C. The van der Waals surface area contributed by atoms with E-state index >= 15 is 0 Å². The van der Waals surface area contributed by atoms with Crippen molar-refractivity contribution in [2.75, 3.05) is 7.11 Å². The van der Waals surface area contributed by atoms with E-state index in [1.54, 1.807) is 25.4 Å². The van der Waals surface area contributed by atoms with Crippen LogP contribution in [-0.2, 0) is 6.42 Å². The summed E-state index contributed by atoms with van der Waals surface area (Å²) in [6.45, 7) is 3.82. The van der Waals surface area contributed by atoms with Crippen LogP contribution in [0.5, 0.6) is 5.75 Å². The fourth-order valence-electron chi connectivity index (χ4n) is 2.35. The van der Waals surface area contributed by atoms with Crippen LogP contribution in [0.2, 0.25) is 0 Å². The lowest BCUT2D eigenvalue weighted by Crippen LogP contribution is -2.08. The van der Waals surface area contributed by atoms with Crippen LogP contribution >= 0.6 is 15.9 Å². The van der Waals surface area contributed by atoms with Crippen LogP contribution in [0.4, 0.5) is 4.39 Å². The van der Waals surface area contributed by atoms with Gasteiger partial charge in [-0.25, -0.2) is 4.39 Å². The van der Waals surface area contributed by atoms with Gasteiger partial charge in [-0.05, 0) is 41.4 Å². The zero-order valence-corrected chi connectivity index (χ0v) is 13.7. The lowest BCUT2D eigenvalue weighted by atomic mass is 10.0. The molecular weight excluding hydrogens is 337 g/mol. The van der Waals surface area contributed by atoms with Gasteiger partial charge in [-0.15, -0.1) is 0 Å². The summed E-state index contributed by atoms with van der Waals surface area (Å²) in [5.74, 6) is 0.378. The Kier molecular flexibility index (Phi) is 4.96. The molecule has 0 radical (unpaired) electrons. The molecule has 21 heavy (non-hydrogen) atoms. The Labute approximate surface area is 131 Å². The van der Waals surface area contributed by atoms with Crippen molar-refractivity contribution < 1.29 is 14.2 Å². The van der Waals surface area contributed by atoms with Crippen LogP contribution in [0.25, 0.3) is 0 Å². The average Bonchev–Trinajstić information content (AvgIpc) is 2.45. The quantitative estimate of drug-likeness (QED) is 0.906. The lowest BCUT2D eigenvalue weighted by Gasteiger charge is -2.16. The van der Waals surface area contributed by atoms with Crippen molar-refractivity contribution in [3.8, 4) is 5.75 Å². The van der Waals surface area contributed by atoms with E-state index < -0.39 is 11.9 Å². The van der Waals surface area contributed by atoms with E-state index in [0.717, 1.165) is 22.6 Å². The zero-order valence-electron chi connectivity index (χ0n) is 12.2. The van der Waals surface area contributed by atoms with Crippen LogP contribution in [0.15, 0.2) is 28.9 Å². The third kappa shape index (κ3) is 3.24. The first-order chi connectivity index (χ1) is 9.95. The second-order valence-electron chi connectivity index (χ2n) is 4.91. The first-order valence-electron chi connectivity index (χ1n) is 6.56. The normalized spacial score (nSPS) is 12.3. The number of methoxy groups -OCH3 is 1. The molecule has 112 valence electrons. The molecule has 0 spiro atoms. The van der Waals surface area contributed by atoms with Gasteiger partial charge < -0.3 is 9.84 Å². The molecule has 0 aliphatic rings. The van der Waals surface area contributed by atoms with Crippen molar-refractivity contribution in [2.45, 2.75) is 26.4 Å². The van der Waals surface area contributed by atoms with Gasteiger partial charge in [-0.1, -0.05) is 12.1 Å². The summed E-state index contributed by atoms with van der Waals surface area (Å²) in [6, 6.07) is 4.62.